The number of hydrogen-bond donors (Lipinski definition) is 1. The maximum atomic E-state index is 12.9. The molecular weight excluding hydrogens is 280 g/mol. The van der Waals surface area contributed by atoms with Gasteiger partial charge in [0.05, 0.1) is 6.10 Å². The number of anilines is 1. The first-order chi connectivity index (χ1) is 10.6. The molecule has 3 heterocycles. The van der Waals surface area contributed by atoms with Gasteiger partial charge in [-0.05, 0) is 31.2 Å². The highest BCUT2D eigenvalue weighted by molar-refractivity contribution is 5.85. The second kappa shape index (κ2) is 6.60. The predicted molar refractivity (Wildman–Crippen MR) is 83.4 cm³/mol. The van der Waals surface area contributed by atoms with E-state index >= 15 is 0 Å². The van der Waals surface area contributed by atoms with Gasteiger partial charge in [0.1, 0.15) is 18.2 Å². The standard InChI is InChI=1S/C16H24N4O2/c1-12-3-2-7-19(8-5-12)16(22)14-9-13(21)10-20(14)15-4-6-17-11-18-15/h4,6,11-14,21H,2-3,5,7-10H2,1H3/t12-,13-,14+/m1/s1. The van der Waals surface area contributed by atoms with Gasteiger partial charge in [-0.2, -0.15) is 0 Å². The number of β-amino-alcohol motifs (C(OH)–C–C–N with tert-alkyl or cyclic N) is 1. The fourth-order valence-electron chi connectivity index (χ4n) is 3.45. The minimum Gasteiger partial charge on any atom is -0.391 e. The van der Waals surface area contributed by atoms with Crippen LogP contribution in [0.25, 0.3) is 0 Å². The average Bonchev–Trinajstić information content (AvgIpc) is 2.79. The summed E-state index contributed by atoms with van der Waals surface area (Å²) in [4.78, 5) is 25.0. The first-order valence-corrected chi connectivity index (χ1v) is 8.14. The van der Waals surface area contributed by atoms with E-state index in [1.165, 1.54) is 12.7 Å². The Morgan fingerprint density at radius 2 is 2.23 bits per heavy atom. The number of nitrogens with zero attached hydrogens (tertiary/aromatic N) is 4. The molecule has 0 aromatic carbocycles. The summed E-state index contributed by atoms with van der Waals surface area (Å²) in [6.45, 7) is 4.36. The SMILES string of the molecule is C[C@@H]1CCCN(C(=O)[C@@H]2C[C@@H](O)CN2c2ccncn2)CC1. The van der Waals surface area contributed by atoms with Crippen LogP contribution >= 0.6 is 0 Å². The minimum absolute atomic E-state index is 0.129. The highest BCUT2D eigenvalue weighted by Gasteiger charge is 2.39. The lowest BCUT2D eigenvalue weighted by Crippen LogP contribution is -2.46. The highest BCUT2D eigenvalue weighted by Crippen LogP contribution is 2.26. The fraction of sp³-hybridized carbons (Fsp3) is 0.688. The van der Waals surface area contributed by atoms with E-state index < -0.39 is 6.10 Å². The molecule has 6 nitrogen and oxygen atoms in total. The van der Waals surface area contributed by atoms with Crippen LogP contribution in [-0.2, 0) is 4.79 Å². The molecule has 1 N–H and O–H groups in total. The Bertz CT molecular complexity index is 510. The normalized spacial score (nSPS) is 29.5. The van der Waals surface area contributed by atoms with Crippen LogP contribution in [0.3, 0.4) is 0 Å². The first-order valence-electron chi connectivity index (χ1n) is 8.14. The first kappa shape index (κ1) is 15.2. The Hall–Kier alpha value is -1.69. The molecule has 0 unspecified atom stereocenters. The number of carbonyl (C=O) groups excluding carboxylic acids is 1. The monoisotopic (exact) mass is 304 g/mol. The molecule has 0 bridgehead atoms. The van der Waals surface area contributed by atoms with Crippen LogP contribution < -0.4 is 4.90 Å². The molecule has 22 heavy (non-hydrogen) atoms. The van der Waals surface area contributed by atoms with Gasteiger partial charge in [-0.1, -0.05) is 6.92 Å². The summed E-state index contributed by atoms with van der Waals surface area (Å²) >= 11 is 0. The summed E-state index contributed by atoms with van der Waals surface area (Å²) in [6.07, 6.45) is 6.47. The zero-order valence-corrected chi connectivity index (χ0v) is 13.1. The predicted octanol–water partition coefficient (Wildman–Crippen LogP) is 1.06. The van der Waals surface area contributed by atoms with E-state index in [1.807, 2.05) is 9.80 Å². The molecule has 6 heteroatoms. The molecule has 2 fully saturated rings. The summed E-state index contributed by atoms with van der Waals surface area (Å²) in [5.74, 6) is 1.53. The zero-order valence-electron chi connectivity index (χ0n) is 13.1. The summed E-state index contributed by atoms with van der Waals surface area (Å²) in [6, 6.07) is 1.49. The number of aliphatic hydroxyl groups excluding tert-OH is 1. The summed E-state index contributed by atoms with van der Waals surface area (Å²) in [5, 5.41) is 10.0. The van der Waals surface area contributed by atoms with Crippen molar-refractivity contribution in [2.24, 2.45) is 5.92 Å². The topological polar surface area (TPSA) is 69.6 Å². The third-order valence-corrected chi connectivity index (χ3v) is 4.75. The van der Waals surface area contributed by atoms with Gasteiger partial charge in [0.15, 0.2) is 0 Å². The van der Waals surface area contributed by atoms with Gasteiger partial charge in [0, 0.05) is 32.3 Å². The maximum Gasteiger partial charge on any atom is 0.245 e. The van der Waals surface area contributed by atoms with Gasteiger partial charge in [0.2, 0.25) is 5.91 Å². The molecular formula is C16H24N4O2. The van der Waals surface area contributed by atoms with Crippen LogP contribution in [0, 0.1) is 5.92 Å². The van der Waals surface area contributed by atoms with Gasteiger partial charge in [-0.3, -0.25) is 4.79 Å². The van der Waals surface area contributed by atoms with Crippen molar-refractivity contribution in [1.82, 2.24) is 14.9 Å². The molecule has 1 aromatic heterocycles. The van der Waals surface area contributed by atoms with E-state index in [0.29, 0.717) is 24.7 Å². The van der Waals surface area contributed by atoms with Crippen molar-refractivity contribution in [3.8, 4) is 0 Å². The van der Waals surface area contributed by atoms with Gasteiger partial charge in [-0.25, -0.2) is 9.97 Å². The largest absolute Gasteiger partial charge is 0.391 e. The van der Waals surface area contributed by atoms with Gasteiger partial charge in [-0.15, -0.1) is 0 Å². The molecule has 1 amide bonds. The van der Waals surface area contributed by atoms with Gasteiger partial charge in [0.25, 0.3) is 0 Å². The Balaban J connectivity index is 1.75. The van der Waals surface area contributed by atoms with Gasteiger partial charge < -0.3 is 14.9 Å². The Kier molecular flexibility index (Phi) is 4.57. The maximum absolute atomic E-state index is 12.9. The quantitative estimate of drug-likeness (QED) is 0.885. The van der Waals surface area contributed by atoms with Crippen LogP contribution in [0.15, 0.2) is 18.6 Å². The molecule has 120 valence electrons. The third-order valence-electron chi connectivity index (χ3n) is 4.75. The highest BCUT2D eigenvalue weighted by atomic mass is 16.3. The third kappa shape index (κ3) is 3.21. The van der Waals surface area contributed by atoms with E-state index in [1.54, 1.807) is 12.3 Å². The van der Waals surface area contributed by atoms with Crippen molar-refractivity contribution in [3.63, 3.8) is 0 Å². The lowest BCUT2D eigenvalue weighted by Gasteiger charge is -2.30. The van der Waals surface area contributed by atoms with Crippen LogP contribution in [-0.4, -0.2) is 57.7 Å². The molecule has 3 atom stereocenters. The Morgan fingerprint density at radius 3 is 3.00 bits per heavy atom. The Morgan fingerprint density at radius 1 is 1.36 bits per heavy atom. The number of rotatable bonds is 2. The molecule has 0 radical (unpaired) electrons. The average molecular weight is 304 g/mol. The van der Waals surface area contributed by atoms with Crippen molar-refractivity contribution < 1.29 is 9.90 Å². The van der Waals surface area contributed by atoms with Crippen LogP contribution in [0.1, 0.15) is 32.6 Å². The molecule has 2 aliphatic heterocycles. The molecule has 2 saturated heterocycles. The molecule has 1 aromatic rings. The van der Waals surface area contributed by atoms with Crippen molar-refractivity contribution >= 4 is 11.7 Å². The lowest BCUT2D eigenvalue weighted by atomic mass is 10.0. The van der Waals surface area contributed by atoms with E-state index in [0.717, 1.165) is 25.9 Å². The molecule has 0 aliphatic carbocycles. The van der Waals surface area contributed by atoms with Crippen molar-refractivity contribution in [2.75, 3.05) is 24.5 Å². The summed E-state index contributed by atoms with van der Waals surface area (Å²) in [5.41, 5.74) is 0. The van der Waals surface area contributed by atoms with Crippen LogP contribution in [0.5, 0.6) is 0 Å². The van der Waals surface area contributed by atoms with E-state index in [2.05, 4.69) is 16.9 Å². The van der Waals surface area contributed by atoms with Crippen LogP contribution in [0.2, 0.25) is 0 Å². The lowest BCUT2D eigenvalue weighted by molar-refractivity contribution is -0.132. The van der Waals surface area contributed by atoms with E-state index in [9.17, 15) is 9.90 Å². The number of amides is 1. The summed E-state index contributed by atoms with van der Waals surface area (Å²) < 4.78 is 0. The van der Waals surface area contributed by atoms with Crippen molar-refractivity contribution in [3.05, 3.63) is 18.6 Å². The van der Waals surface area contributed by atoms with Crippen molar-refractivity contribution in [1.29, 1.82) is 0 Å². The van der Waals surface area contributed by atoms with Crippen LogP contribution in [0.4, 0.5) is 5.82 Å². The Labute approximate surface area is 131 Å². The fourth-order valence-corrected chi connectivity index (χ4v) is 3.45. The van der Waals surface area contributed by atoms with Crippen molar-refractivity contribution in [2.45, 2.75) is 44.8 Å². The van der Waals surface area contributed by atoms with E-state index in [-0.39, 0.29) is 11.9 Å². The smallest absolute Gasteiger partial charge is 0.245 e. The number of carbonyl (C=O) groups is 1. The molecule has 0 spiro atoms. The van der Waals surface area contributed by atoms with E-state index in [4.69, 9.17) is 0 Å². The number of likely N-dealkylation sites (tertiary alicyclic amines) is 1. The zero-order chi connectivity index (χ0) is 15.5. The minimum atomic E-state index is -0.477. The number of aromatic nitrogens is 2. The second-order valence-electron chi connectivity index (χ2n) is 6.49. The molecule has 0 saturated carbocycles. The van der Waals surface area contributed by atoms with Gasteiger partial charge >= 0.3 is 0 Å². The number of hydrogen-bond acceptors (Lipinski definition) is 5. The molecule has 2 aliphatic rings. The number of aliphatic hydroxyl groups is 1. The summed E-state index contributed by atoms with van der Waals surface area (Å²) in [7, 11) is 0. The second-order valence-corrected chi connectivity index (χ2v) is 6.49. The molecule has 3 rings (SSSR count).